The van der Waals surface area contributed by atoms with Crippen LogP contribution < -0.4 is 4.74 Å². The molecule has 0 atom stereocenters. The van der Waals surface area contributed by atoms with E-state index in [4.69, 9.17) is 9.15 Å². The molecule has 1 fully saturated rings. The summed E-state index contributed by atoms with van der Waals surface area (Å²) in [5, 5.41) is 6.77. The van der Waals surface area contributed by atoms with Gasteiger partial charge in [-0.15, -0.1) is 10.2 Å². The Bertz CT molecular complexity index is 877. The first-order chi connectivity index (χ1) is 12.1. The highest BCUT2D eigenvalue weighted by Crippen LogP contribution is 2.48. The van der Waals surface area contributed by atoms with Gasteiger partial charge in [0.25, 0.3) is 11.8 Å². The van der Waals surface area contributed by atoms with Crippen molar-refractivity contribution < 1.29 is 22.3 Å². The zero-order valence-corrected chi connectivity index (χ0v) is 12.7. The minimum Gasteiger partial charge on any atom is -0.452 e. The van der Waals surface area contributed by atoms with Crippen molar-refractivity contribution in [3.63, 3.8) is 0 Å². The molecular formula is C16H11F3N4O2. The molecule has 6 nitrogen and oxygen atoms in total. The van der Waals surface area contributed by atoms with E-state index in [1.807, 2.05) is 0 Å². The summed E-state index contributed by atoms with van der Waals surface area (Å²) in [6, 6.07) is 6.21. The van der Waals surface area contributed by atoms with Crippen molar-refractivity contribution in [2.24, 2.45) is 0 Å². The Morgan fingerprint density at radius 3 is 2.28 bits per heavy atom. The van der Waals surface area contributed by atoms with E-state index in [2.05, 4.69) is 20.2 Å². The van der Waals surface area contributed by atoms with Crippen molar-refractivity contribution >= 4 is 0 Å². The summed E-state index contributed by atoms with van der Waals surface area (Å²) in [7, 11) is 0. The molecule has 1 aliphatic rings. The van der Waals surface area contributed by atoms with Crippen LogP contribution in [0.15, 0.2) is 41.1 Å². The molecule has 0 unspecified atom stereocenters. The van der Waals surface area contributed by atoms with Crippen molar-refractivity contribution in [2.75, 3.05) is 0 Å². The lowest BCUT2D eigenvalue weighted by Gasteiger charge is -2.16. The molecule has 2 aromatic heterocycles. The number of benzene rings is 1. The normalized spacial score (nSPS) is 15.4. The Morgan fingerprint density at radius 1 is 1.04 bits per heavy atom. The van der Waals surface area contributed by atoms with Crippen LogP contribution in [0.3, 0.4) is 0 Å². The maximum atomic E-state index is 13.0. The average molecular weight is 348 g/mol. The quantitative estimate of drug-likeness (QED) is 0.700. The predicted molar refractivity (Wildman–Crippen MR) is 78.2 cm³/mol. The number of nitrogens with zero attached hydrogens (tertiary/aromatic N) is 4. The first kappa shape index (κ1) is 15.6. The van der Waals surface area contributed by atoms with E-state index in [0.717, 1.165) is 18.4 Å². The van der Waals surface area contributed by atoms with Crippen molar-refractivity contribution in [3.8, 4) is 17.5 Å². The van der Waals surface area contributed by atoms with Crippen molar-refractivity contribution in [3.05, 3.63) is 53.9 Å². The monoisotopic (exact) mass is 348 g/mol. The number of hydrogen-bond donors (Lipinski definition) is 0. The van der Waals surface area contributed by atoms with Crippen LogP contribution in [0.4, 0.5) is 13.2 Å². The standard InChI is InChI=1S/C16H11F3N4O2/c17-11-3-1-10(2-4-11)16(5-6-16)25-15-20-7-9(8-21-15)13-22-23-14(24-13)12(18)19/h1-4,7-8,12H,5-6H2. The van der Waals surface area contributed by atoms with Gasteiger partial charge in [0.15, 0.2) is 0 Å². The lowest BCUT2D eigenvalue weighted by Crippen LogP contribution is -2.17. The molecule has 128 valence electrons. The van der Waals surface area contributed by atoms with Gasteiger partial charge in [-0.25, -0.2) is 14.4 Å². The highest BCUT2D eigenvalue weighted by atomic mass is 19.3. The van der Waals surface area contributed by atoms with Crippen molar-refractivity contribution in [2.45, 2.75) is 24.9 Å². The predicted octanol–water partition coefficient (Wildman–Crippen LogP) is 3.67. The van der Waals surface area contributed by atoms with Gasteiger partial charge < -0.3 is 9.15 Å². The van der Waals surface area contributed by atoms with E-state index in [1.165, 1.54) is 24.5 Å². The summed E-state index contributed by atoms with van der Waals surface area (Å²) in [5.74, 6) is -1.17. The number of ether oxygens (including phenoxy) is 1. The lowest BCUT2D eigenvalue weighted by molar-refractivity contribution is 0.116. The molecule has 3 aromatic rings. The molecule has 4 rings (SSSR count). The fourth-order valence-corrected chi connectivity index (χ4v) is 2.41. The van der Waals surface area contributed by atoms with Crippen LogP contribution in [-0.2, 0) is 5.60 Å². The molecule has 25 heavy (non-hydrogen) atoms. The van der Waals surface area contributed by atoms with Gasteiger partial charge in [0.1, 0.15) is 11.4 Å². The third-order valence-corrected chi connectivity index (χ3v) is 3.86. The lowest BCUT2D eigenvalue weighted by atomic mass is 10.1. The zero-order valence-electron chi connectivity index (χ0n) is 12.7. The van der Waals surface area contributed by atoms with Crippen LogP contribution >= 0.6 is 0 Å². The first-order valence-electron chi connectivity index (χ1n) is 7.45. The second kappa shape index (κ2) is 5.83. The van der Waals surface area contributed by atoms with Gasteiger partial charge in [0, 0.05) is 12.4 Å². The summed E-state index contributed by atoms with van der Waals surface area (Å²) in [6.07, 6.45) is 1.41. The van der Waals surface area contributed by atoms with E-state index in [0.29, 0.717) is 5.56 Å². The number of halogens is 3. The van der Waals surface area contributed by atoms with Gasteiger partial charge >= 0.3 is 12.4 Å². The summed E-state index contributed by atoms with van der Waals surface area (Å²) < 4.78 is 48.7. The molecule has 0 amide bonds. The molecule has 1 aromatic carbocycles. The second-order valence-corrected chi connectivity index (χ2v) is 5.60. The highest BCUT2D eigenvalue weighted by molar-refractivity contribution is 5.49. The van der Waals surface area contributed by atoms with E-state index < -0.39 is 17.9 Å². The maximum absolute atomic E-state index is 13.0. The molecule has 9 heteroatoms. The SMILES string of the molecule is Fc1ccc(C2(Oc3ncc(-c4nnc(C(F)F)o4)cn3)CC2)cc1. The number of alkyl halides is 2. The molecule has 0 spiro atoms. The molecule has 0 saturated heterocycles. The van der Waals surface area contributed by atoms with Crippen LogP contribution in [0.1, 0.15) is 30.7 Å². The molecule has 0 N–H and O–H groups in total. The molecule has 0 aliphatic heterocycles. The maximum Gasteiger partial charge on any atom is 0.317 e. The average Bonchev–Trinajstić information content (AvgIpc) is 3.21. The van der Waals surface area contributed by atoms with Crippen molar-refractivity contribution in [1.29, 1.82) is 0 Å². The van der Waals surface area contributed by atoms with Crippen LogP contribution in [-0.4, -0.2) is 20.2 Å². The Labute approximate surface area is 139 Å². The zero-order chi connectivity index (χ0) is 17.4. The topological polar surface area (TPSA) is 73.9 Å². The Kier molecular flexibility index (Phi) is 3.63. The number of rotatable bonds is 5. The smallest absolute Gasteiger partial charge is 0.317 e. The third-order valence-electron chi connectivity index (χ3n) is 3.86. The Hall–Kier alpha value is -2.97. The van der Waals surface area contributed by atoms with Gasteiger partial charge in [0.2, 0.25) is 0 Å². The van der Waals surface area contributed by atoms with Crippen LogP contribution in [0.5, 0.6) is 6.01 Å². The van der Waals surface area contributed by atoms with Crippen LogP contribution in [0.2, 0.25) is 0 Å². The largest absolute Gasteiger partial charge is 0.452 e. The van der Waals surface area contributed by atoms with Gasteiger partial charge in [-0.3, -0.25) is 0 Å². The highest BCUT2D eigenvalue weighted by Gasteiger charge is 2.48. The third kappa shape index (κ3) is 3.04. The van der Waals surface area contributed by atoms with Crippen LogP contribution in [0.25, 0.3) is 11.5 Å². The summed E-state index contributed by atoms with van der Waals surface area (Å²) in [4.78, 5) is 8.11. The number of hydrogen-bond acceptors (Lipinski definition) is 6. The van der Waals surface area contributed by atoms with Gasteiger partial charge in [-0.05, 0) is 30.5 Å². The molecule has 1 aliphatic carbocycles. The first-order valence-corrected chi connectivity index (χ1v) is 7.45. The summed E-state index contributed by atoms with van der Waals surface area (Å²) in [6.45, 7) is 0. The molecule has 0 radical (unpaired) electrons. The Morgan fingerprint density at radius 2 is 1.72 bits per heavy atom. The molecule has 2 heterocycles. The molecule has 0 bridgehead atoms. The minimum absolute atomic E-state index is 0.0958. The van der Waals surface area contributed by atoms with E-state index in [9.17, 15) is 13.2 Å². The fourth-order valence-electron chi connectivity index (χ4n) is 2.41. The van der Waals surface area contributed by atoms with Gasteiger partial charge in [-0.1, -0.05) is 12.1 Å². The second-order valence-electron chi connectivity index (χ2n) is 5.60. The van der Waals surface area contributed by atoms with Crippen molar-refractivity contribution in [1.82, 2.24) is 20.2 Å². The van der Waals surface area contributed by atoms with E-state index >= 15 is 0 Å². The van der Waals surface area contributed by atoms with Crippen LogP contribution in [0, 0.1) is 5.82 Å². The summed E-state index contributed by atoms with van der Waals surface area (Å²) in [5.41, 5.74) is 0.598. The number of aromatic nitrogens is 4. The molecular weight excluding hydrogens is 337 g/mol. The Balaban J connectivity index is 1.51. The molecule has 1 saturated carbocycles. The minimum atomic E-state index is -2.84. The van der Waals surface area contributed by atoms with E-state index in [1.54, 1.807) is 12.1 Å². The van der Waals surface area contributed by atoms with Gasteiger partial charge in [-0.2, -0.15) is 8.78 Å². The van der Waals surface area contributed by atoms with E-state index in [-0.39, 0.29) is 17.7 Å². The summed E-state index contributed by atoms with van der Waals surface area (Å²) >= 11 is 0. The van der Waals surface area contributed by atoms with Gasteiger partial charge in [0.05, 0.1) is 5.56 Å². The fraction of sp³-hybridized carbons (Fsp3) is 0.250.